The molecule has 0 amide bonds. The van der Waals surface area contributed by atoms with E-state index in [0.717, 1.165) is 49.3 Å². The number of fused-ring (bicyclic) bond motifs is 1. The second kappa shape index (κ2) is 6.27. The molecule has 3 heterocycles. The molecular formula is C16H18FN5O2. The predicted octanol–water partition coefficient (Wildman–Crippen LogP) is 1.10. The van der Waals surface area contributed by atoms with Crippen molar-refractivity contribution < 1.29 is 9.13 Å². The number of anilines is 1. The molecular weight excluding hydrogens is 313 g/mol. The van der Waals surface area contributed by atoms with Crippen molar-refractivity contribution in [3.8, 4) is 0 Å². The van der Waals surface area contributed by atoms with E-state index < -0.39 is 5.82 Å². The Kier molecular flexibility index (Phi) is 3.97. The van der Waals surface area contributed by atoms with Gasteiger partial charge in [0.1, 0.15) is 6.04 Å². The molecule has 8 heteroatoms. The lowest BCUT2D eigenvalue weighted by Crippen LogP contribution is -2.38. The maximum atomic E-state index is 12.9. The molecule has 4 rings (SSSR count). The molecule has 2 atom stereocenters. The van der Waals surface area contributed by atoms with Crippen LogP contribution in [-0.4, -0.2) is 39.0 Å². The number of hydrogen-bond donors (Lipinski definition) is 1. The number of nitrogens with one attached hydrogen (secondary N) is 1. The lowest BCUT2D eigenvalue weighted by molar-refractivity contribution is 0.182. The van der Waals surface area contributed by atoms with Gasteiger partial charge in [0.2, 0.25) is 5.95 Å². The summed E-state index contributed by atoms with van der Waals surface area (Å²) in [6.07, 6.45) is 6.24. The van der Waals surface area contributed by atoms with Crippen LogP contribution < -0.4 is 10.9 Å². The van der Waals surface area contributed by atoms with Crippen molar-refractivity contribution in [2.75, 3.05) is 18.5 Å². The van der Waals surface area contributed by atoms with Gasteiger partial charge in [-0.25, -0.2) is 19.0 Å². The Hall–Kier alpha value is -2.35. The van der Waals surface area contributed by atoms with E-state index in [2.05, 4.69) is 20.4 Å². The highest BCUT2D eigenvalue weighted by Crippen LogP contribution is 2.22. The Morgan fingerprint density at radius 2 is 2.00 bits per heavy atom. The number of nitrogens with zero attached hydrogens (tertiary/aromatic N) is 4. The zero-order chi connectivity index (χ0) is 16.5. The first-order valence-electron chi connectivity index (χ1n) is 8.14. The zero-order valence-electron chi connectivity index (χ0n) is 13.1. The number of aromatic nitrogens is 4. The third-order valence-electron chi connectivity index (χ3n) is 4.53. The van der Waals surface area contributed by atoms with Gasteiger partial charge in [0, 0.05) is 6.07 Å². The largest absolute Gasteiger partial charge is 0.377 e. The van der Waals surface area contributed by atoms with Gasteiger partial charge in [0.05, 0.1) is 37.3 Å². The zero-order valence-corrected chi connectivity index (χ0v) is 13.1. The van der Waals surface area contributed by atoms with E-state index in [9.17, 15) is 9.18 Å². The fourth-order valence-corrected chi connectivity index (χ4v) is 3.29. The van der Waals surface area contributed by atoms with E-state index in [1.54, 1.807) is 6.07 Å². The fourth-order valence-electron chi connectivity index (χ4n) is 3.29. The fraction of sp³-hybridized carbons (Fsp3) is 0.500. The van der Waals surface area contributed by atoms with Crippen LogP contribution in [0.2, 0.25) is 0 Å². The van der Waals surface area contributed by atoms with Crippen LogP contribution in [0.25, 0.3) is 0 Å². The van der Waals surface area contributed by atoms with Gasteiger partial charge in [-0.05, 0) is 31.2 Å². The number of hydrogen-bond acceptors (Lipinski definition) is 6. The minimum atomic E-state index is -0.493. The smallest absolute Gasteiger partial charge is 0.267 e. The van der Waals surface area contributed by atoms with Crippen molar-refractivity contribution in [3.05, 3.63) is 45.9 Å². The van der Waals surface area contributed by atoms with Crippen molar-refractivity contribution >= 4 is 5.95 Å². The molecule has 2 aliphatic rings. The van der Waals surface area contributed by atoms with Gasteiger partial charge in [-0.3, -0.25) is 4.79 Å². The van der Waals surface area contributed by atoms with Crippen LogP contribution in [0.15, 0.2) is 23.3 Å². The van der Waals surface area contributed by atoms with E-state index in [-0.39, 0.29) is 17.6 Å². The number of halogens is 1. The number of aryl methyl sites for hydroxylation is 2. The Bertz CT molecular complexity index is 792. The summed E-state index contributed by atoms with van der Waals surface area (Å²) in [6.45, 7) is 0.807. The van der Waals surface area contributed by atoms with Gasteiger partial charge in [-0.15, -0.1) is 0 Å². The van der Waals surface area contributed by atoms with Crippen LogP contribution in [0.1, 0.15) is 30.1 Å². The molecule has 1 saturated heterocycles. The highest BCUT2D eigenvalue weighted by Gasteiger charge is 2.32. The first-order valence-corrected chi connectivity index (χ1v) is 8.14. The molecule has 0 spiro atoms. The van der Waals surface area contributed by atoms with Crippen molar-refractivity contribution in [2.24, 2.45) is 0 Å². The van der Waals surface area contributed by atoms with Crippen LogP contribution >= 0.6 is 0 Å². The lowest BCUT2D eigenvalue weighted by atomic mass is 9.97. The molecule has 1 N–H and O–H groups in total. The molecule has 0 bridgehead atoms. The van der Waals surface area contributed by atoms with Crippen molar-refractivity contribution in [1.29, 1.82) is 0 Å². The molecule has 0 saturated carbocycles. The quantitative estimate of drug-likeness (QED) is 0.907. The molecule has 7 nitrogen and oxygen atoms in total. The van der Waals surface area contributed by atoms with E-state index in [1.165, 1.54) is 4.68 Å². The third kappa shape index (κ3) is 2.89. The summed E-state index contributed by atoms with van der Waals surface area (Å²) in [5.74, 6) is -0.185. The van der Waals surface area contributed by atoms with E-state index >= 15 is 0 Å². The third-order valence-corrected chi connectivity index (χ3v) is 4.53. The maximum absolute atomic E-state index is 12.9. The monoisotopic (exact) mass is 331 g/mol. The average molecular weight is 331 g/mol. The Morgan fingerprint density at radius 3 is 2.83 bits per heavy atom. The highest BCUT2D eigenvalue weighted by molar-refractivity contribution is 5.26. The molecule has 24 heavy (non-hydrogen) atoms. The molecule has 1 fully saturated rings. The molecule has 2 aromatic heterocycles. The van der Waals surface area contributed by atoms with Crippen molar-refractivity contribution in [1.82, 2.24) is 19.7 Å². The summed E-state index contributed by atoms with van der Waals surface area (Å²) in [4.78, 5) is 20.3. The van der Waals surface area contributed by atoms with Gasteiger partial charge in [0.15, 0.2) is 5.82 Å². The molecule has 0 aromatic carbocycles. The Labute approximate surface area is 137 Å². The van der Waals surface area contributed by atoms with Crippen LogP contribution in [0.5, 0.6) is 0 Å². The molecule has 2 aromatic rings. The van der Waals surface area contributed by atoms with Crippen LogP contribution in [0, 0.1) is 5.82 Å². The lowest BCUT2D eigenvalue weighted by Gasteiger charge is -2.22. The summed E-state index contributed by atoms with van der Waals surface area (Å²) < 4.78 is 20.0. The maximum Gasteiger partial charge on any atom is 0.267 e. The summed E-state index contributed by atoms with van der Waals surface area (Å²) in [5, 5.41) is 7.69. The molecule has 2 unspecified atom stereocenters. The summed E-state index contributed by atoms with van der Waals surface area (Å²) in [6, 6.07) is 1.27. The van der Waals surface area contributed by atoms with Crippen molar-refractivity contribution in [2.45, 2.75) is 37.8 Å². The standard InChI is InChI=1S/C16H18FN5O2/c17-11-6-18-16(19-7-11)20-13-8-24-9-14(13)22-15(23)5-10-3-1-2-4-12(10)21-22/h5-7,13-14H,1-4,8-9H2,(H,18,19,20). The van der Waals surface area contributed by atoms with Gasteiger partial charge in [-0.1, -0.05) is 0 Å². The summed E-state index contributed by atoms with van der Waals surface area (Å²) in [5.41, 5.74) is 1.95. The van der Waals surface area contributed by atoms with Crippen molar-refractivity contribution in [3.63, 3.8) is 0 Å². The Balaban J connectivity index is 1.60. The van der Waals surface area contributed by atoms with Gasteiger partial charge in [0.25, 0.3) is 5.56 Å². The van der Waals surface area contributed by atoms with Crippen LogP contribution in [0.3, 0.4) is 0 Å². The average Bonchev–Trinajstić information content (AvgIpc) is 3.04. The van der Waals surface area contributed by atoms with E-state index in [4.69, 9.17) is 4.74 Å². The van der Waals surface area contributed by atoms with Gasteiger partial charge < -0.3 is 10.1 Å². The number of ether oxygens (including phenoxy) is 1. The molecule has 126 valence electrons. The molecule has 1 aliphatic carbocycles. The van der Waals surface area contributed by atoms with Gasteiger partial charge in [-0.2, -0.15) is 5.10 Å². The van der Waals surface area contributed by atoms with E-state index in [1.807, 2.05) is 0 Å². The molecule has 0 radical (unpaired) electrons. The second-order valence-corrected chi connectivity index (χ2v) is 6.19. The second-order valence-electron chi connectivity index (χ2n) is 6.19. The summed E-state index contributed by atoms with van der Waals surface area (Å²) in [7, 11) is 0. The predicted molar refractivity (Wildman–Crippen MR) is 84.4 cm³/mol. The summed E-state index contributed by atoms with van der Waals surface area (Å²) >= 11 is 0. The first kappa shape index (κ1) is 15.2. The minimum Gasteiger partial charge on any atom is -0.377 e. The van der Waals surface area contributed by atoms with Crippen LogP contribution in [-0.2, 0) is 17.6 Å². The highest BCUT2D eigenvalue weighted by atomic mass is 19.1. The van der Waals surface area contributed by atoms with E-state index in [0.29, 0.717) is 19.2 Å². The minimum absolute atomic E-state index is 0.113. The topological polar surface area (TPSA) is 81.9 Å². The number of rotatable bonds is 3. The van der Waals surface area contributed by atoms with Gasteiger partial charge >= 0.3 is 0 Å². The SMILES string of the molecule is O=c1cc2c(nn1C1COCC1Nc1ncc(F)cn1)CCCC2. The first-order chi connectivity index (χ1) is 11.7. The Morgan fingerprint density at radius 1 is 1.21 bits per heavy atom. The normalized spacial score (nSPS) is 23.0. The molecule has 1 aliphatic heterocycles. The van der Waals surface area contributed by atoms with Crippen LogP contribution in [0.4, 0.5) is 10.3 Å².